The van der Waals surface area contributed by atoms with Crippen LogP contribution < -0.4 is 5.32 Å². The first-order valence-corrected chi connectivity index (χ1v) is 7.16. The fraction of sp³-hybridized carbons (Fsp3) is 0.125. The molecule has 8 heteroatoms. The number of halogens is 2. The highest BCUT2D eigenvalue weighted by Crippen LogP contribution is 2.12. The van der Waals surface area contributed by atoms with Gasteiger partial charge >= 0.3 is 0 Å². The number of carbonyl (C=O) groups excluding carboxylic acids is 1. The SMILES string of the molecule is O=C(NCCn1ccnc1-c1cnccn1)c1ccc(F)c(F)c1. The first kappa shape index (κ1) is 15.7. The van der Waals surface area contributed by atoms with E-state index in [1.54, 1.807) is 31.0 Å². The van der Waals surface area contributed by atoms with Gasteiger partial charge in [-0.2, -0.15) is 0 Å². The Morgan fingerprint density at radius 2 is 2.00 bits per heavy atom. The number of benzene rings is 1. The number of aromatic nitrogens is 4. The Hall–Kier alpha value is -3.16. The molecule has 0 bridgehead atoms. The number of nitrogens with one attached hydrogen (secondary N) is 1. The zero-order valence-corrected chi connectivity index (χ0v) is 12.5. The van der Waals surface area contributed by atoms with E-state index >= 15 is 0 Å². The number of imidazole rings is 1. The molecule has 0 unspecified atom stereocenters. The molecule has 0 atom stereocenters. The lowest BCUT2D eigenvalue weighted by molar-refractivity contribution is 0.0951. The summed E-state index contributed by atoms with van der Waals surface area (Å²) in [6.07, 6.45) is 8.12. The van der Waals surface area contributed by atoms with E-state index in [4.69, 9.17) is 0 Å². The Morgan fingerprint density at radius 1 is 1.12 bits per heavy atom. The van der Waals surface area contributed by atoms with Gasteiger partial charge in [0.1, 0.15) is 5.69 Å². The minimum Gasteiger partial charge on any atom is -0.350 e. The Bertz CT molecular complexity index is 851. The summed E-state index contributed by atoms with van der Waals surface area (Å²) in [6.45, 7) is 0.739. The maximum atomic E-state index is 13.1. The van der Waals surface area contributed by atoms with Crippen molar-refractivity contribution < 1.29 is 13.6 Å². The predicted octanol–water partition coefficient (Wildman–Crippen LogP) is 2.05. The number of nitrogens with zero attached hydrogens (tertiary/aromatic N) is 4. The van der Waals surface area contributed by atoms with Gasteiger partial charge in [-0.1, -0.05) is 0 Å². The van der Waals surface area contributed by atoms with Gasteiger partial charge < -0.3 is 9.88 Å². The van der Waals surface area contributed by atoms with Crippen molar-refractivity contribution >= 4 is 5.91 Å². The third-order valence-electron chi connectivity index (χ3n) is 3.33. The number of hydrogen-bond donors (Lipinski definition) is 1. The zero-order valence-electron chi connectivity index (χ0n) is 12.5. The minimum atomic E-state index is -1.05. The van der Waals surface area contributed by atoms with Crippen molar-refractivity contribution in [2.75, 3.05) is 6.54 Å². The fourth-order valence-electron chi connectivity index (χ4n) is 2.17. The van der Waals surface area contributed by atoms with E-state index in [9.17, 15) is 13.6 Å². The van der Waals surface area contributed by atoms with E-state index in [1.807, 2.05) is 4.57 Å². The van der Waals surface area contributed by atoms with Crippen molar-refractivity contribution in [3.8, 4) is 11.5 Å². The molecule has 0 spiro atoms. The van der Waals surface area contributed by atoms with Gasteiger partial charge in [-0.05, 0) is 18.2 Å². The van der Waals surface area contributed by atoms with E-state index in [-0.39, 0.29) is 5.56 Å². The standard InChI is InChI=1S/C16H13F2N5O/c17-12-2-1-11(9-13(12)18)16(24)22-6-8-23-7-5-21-15(23)14-10-19-3-4-20-14/h1-5,7,9-10H,6,8H2,(H,22,24). The van der Waals surface area contributed by atoms with Crippen molar-refractivity contribution in [2.24, 2.45) is 0 Å². The average molecular weight is 329 g/mol. The molecule has 6 nitrogen and oxygen atoms in total. The molecular weight excluding hydrogens is 316 g/mol. The molecular formula is C16H13F2N5O. The summed E-state index contributed by atoms with van der Waals surface area (Å²) < 4.78 is 27.8. The lowest BCUT2D eigenvalue weighted by Crippen LogP contribution is -2.27. The third kappa shape index (κ3) is 3.43. The number of amides is 1. The second-order valence-electron chi connectivity index (χ2n) is 4.92. The molecule has 0 aliphatic carbocycles. The monoisotopic (exact) mass is 329 g/mol. The quantitative estimate of drug-likeness (QED) is 0.777. The molecule has 0 saturated carbocycles. The second-order valence-corrected chi connectivity index (χ2v) is 4.92. The second kappa shape index (κ2) is 6.95. The average Bonchev–Trinajstić information content (AvgIpc) is 3.06. The molecule has 3 aromatic rings. The van der Waals surface area contributed by atoms with Crippen molar-refractivity contribution in [3.05, 3.63) is 66.4 Å². The molecule has 2 aromatic heterocycles. The molecule has 122 valence electrons. The van der Waals surface area contributed by atoms with Crippen LogP contribution in [-0.4, -0.2) is 32.0 Å². The van der Waals surface area contributed by atoms with Crippen LogP contribution in [0, 0.1) is 11.6 Å². The lowest BCUT2D eigenvalue weighted by atomic mass is 10.2. The van der Waals surface area contributed by atoms with E-state index in [2.05, 4.69) is 20.3 Å². The normalized spacial score (nSPS) is 10.6. The molecule has 3 rings (SSSR count). The maximum Gasteiger partial charge on any atom is 0.251 e. The van der Waals surface area contributed by atoms with Crippen LogP contribution in [0.5, 0.6) is 0 Å². The van der Waals surface area contributed by atoms with Crippen LogP contribution in [-0.2, 0) is 6.54 Å². The van der Waals surface area contributed by atoms with E-state index in [1.165, 1.54) is 6.07 Å². The van der Waals surface area contributed by atoms with Gasteiger partial charge in [-0.3, -0.25) is 9.78 Å². The highest BCUT2D eigenvalue weighted by atomic mass is 19.2. The highest BCUT2D eigenvalue weighted by Gasteiger charge is 2.10. The molecule has 0 radical (unpaired) electrons. The van der Waals surface area contributed by atoms with Crippen molar-refractivity contribution in [1.82, 2.24) is 24.8 Å². The molecule has 2 heterocycles. The van der Waals surface area contributed by atoms with Crippen LogP contribution in [0.1, 0.15) is 10.4 Å². The van der Waals surface area contributed by atoms with Crippen LogP contribution in [0.3, 0.4) is 0 Å². The summed E-state index contributed by atoms with van der Waals surface area (Å²) >= 11 is 0. The smallest absolute Gasteiger partial charge is 0.251 e. The molecule has 1 N–H and O–H groups in total. The summed E-state index contributed by atoms with van der Waals surface area (Å²) in [5.74, 6) is -1.89. The first-order chi connectivity index (χ1) is 11.6. The molecule has 0 fully saturated rings. The topological polar surface area (TPSA) is 72.7 Å². The first-order valence-electron chi connectivity index (χ1n) is 7.16. The summed E-state index contributed by atoms with van der Waals surface area (Å²) in [7, 11) is 0. The minimum absolute atomic E-state index is 0.0636. The zero-order chi connectivity index (χ0) is 16.9. The van der Waals surface area contributed by atoms with Gasteiger partial charge in [-0.15, -0.1) is 0 Å². The predicted molar refractivity (Wildman–Crippen MR) is 81.9 cm³/mol. The highest BCUT2D eigenvalue weighted by molar-refractivity contribution is 5.94. The number of hydrogen-bond acceptors (Lipinski definition) is 4. The summed E-state index contributed by atoms with van der Waals surface area (Å²) in [6, 6.07) is 3.02. The van der Waals surface area contributed by atoms with Gasteiger partial charge in [0, 0.05) is 43.4 Å². The van der Waals surface area contributed by atoms with Gasteiger partial charge in [0.15, 0.2) is 17.5 Å². The van der Waals surface area contributed by atoms with Gasteiger partial charge in [0.25, 0.3) is 5.91 Å². The van der Waals surface area contributed by atoms with Crippen LogP contribution in [0.25, 0.3) is 11.5 Å². The molecule has 0 saturated heterocycles. The number of carbonyl (C=O) groups is 1. The van der Waals surface area contributed by atoms with Crippen molar-refractivity contribution in [2.45, 2.75) is 6.54 Å². The van der Waals surface area contributed by atoms with E-state index < -0.39 is 17.5 Å². The van der Waals surface area contributed by atoms with Crippen LogP contribution >= 0.6 is 0 Å². The molecule has 0 aliphatic rings. The van der Waals surface area contributed by atoms with Gasteiger partial charge in [0.2, 0.25) is 0 Å². The van der Waals surface area contributed by atoms with Crippen molar-refractivity contribution in [3.63, 3.8) is 0 Å². The molecule has 1 aromatic carbocycles. The van der Waals surface area contributed by atoms with Gasteiger partial charge in [-0.25, -0.2) is 18.7 Å². The van der Waals surface area contributed by atoms with Crippen LogP contribution in [0.2, 0.25) is 0 Å². The Balaban J connectivity index is 1.62. The largest absolute Gasteiger partial charge is 0.350 e. The van der Waals surface area contributed by atoms with Crippen LogP contribution in [0.4, 0.5) is 8.78 Å². The van der Waals surface area contributed by atoms with Crippen molar-refractivity contribution in [1.29, 1.82) is 0 Å². The van der Waals surface area contributed by atoms with Crippen LogP contribution in [0.15, 0.2) is 49.2 Å². The summed E-state index contributed by atoms with van der Waals surface area (Å²) in [5.41, 5.74) is 0.683. The molecule has 0 aliphatic heterocycles. The van der Waals surface area contributed by atoms with E-state index in [0.29, 0.717) is 24.6 Å². The third-order valence-corrected chi connectivity index (χ3v) is 3.33. The van der Waals surface area contributed by atoms with Gasteiger partial charge in [0.05, 0.1) is 6.20 Å². The maximum absolute atomic E-state index is 13.1. The summed E-state index contributed by atoms with van der Waals surface area (Å²) in [5, 5.41) is 2.65. The van der Waals surface area contributed by atoms with E-state index in [0.717, 1.165) is 12.1 Å². The number of rotatable bonds is 5. The Kier molecular flexibility index (Phi) is 4.55. The molecule has 24 heavy (non-hydrogen) atoms. The lowest BCUT2D eigenvalue weighted by Gasteiger charge is -2.09. The molecule has 1 amide bonds. The Labute approximate surface area is 136 Å². The summed E-state index contributed by atoms with van der Waals surface area (Å²) in [4.78, 5) is 24.3. The Morgan fingerprint density at radius 3 is 2.75 bits per heavy atom. The fourth-order valence-corrected chi connectivity index (χ4v) is 2.17.